The summed E-state index contributed by atoms with van der Waals surface area (Å²) in [5.74, 6) is 0. The molecule has 0 spiro atoms. The second kappa shape index (κ2) is 8.81. The van der Waals surface area contributed by atoms with E-state index in [-0.39, 0.29) is 6.03 Å². The van der Waals surface area contributed by atoms with Crippen LogP contribution in [0.5, 0.6) is 0 Å². The number of rotatable bonds is 3. The highest BCUT2D eigenvalue weighted by atomic mass is 16.2. The topological polar surface area (TPSA) is 48.5 Å². The number of urea groups is 1. The monoisotopic (exact) mass is 422 g/mol. The Labute approximate surface area is 188 Å². The van der Waals surface area contributed by atoms with Crippen LogP contribution < -0.4 is 5.32 Å². The minimum Gasteiger partial charge on any atom is -0.322 e. The lowest BCUT2D eigenvalue weighted by Gasteiger charge is -2.32. The zero-order chi connectivity index (χ0) is 21.9. The molecule has 1 fully saturated rings. The van der Waals surface area contributed by atoms with Gasteiger partial charge in [0.2, 0.25) is 0 Å². The van der Waals surface area contributed by atoms with Crippen LogP contribution in [0.1, 0.15) is 0 Å². The summed E-state index contributed by atoms with van der Waals surface area (Å²) in [6, 6.07) is 28.6. The quantitative estimate of drug-likeness (QED) is 0.484. The zero-order valence-corrected chi connectivity index (χ0v) is 18.2. The van der Waals surface area contributed by atoms with Crippen molar-refractivity contribution in [2.24, 2.45) is 0 Å². The van der Waals surface area contributed by atoms with Gasteiger partial charge in [-0.3, -0.25) is 0 Å². The van der Waals surface area contributed by atoms with E-state index in [4.69, 9.17) is 4.98 Å². The number of carbonyl (C=O) groups is 1. The van der Waals surface area contributed by atoms with Crippen molar-refractivity contribution in [2.45, 2.75) is 0 Å². The molecule has 1 aromatic heterocycles. The molecule has 5 heteroatoms. The third-order valence-corrected chi connectivity index (χ3v) is 5.99. The maximum Gasteiger partial charge on any atom is 0.321 e. The molecule has 0 bridgehead atoms. The number of amides is 2. The molecule has 3 aromatic carbocycles. The van der Waals surface area contributed by atoms with E-state index in [1.165, 1.54) is 0 Å². The summed E-state index contributed by atoms with van der Waals surface area (Å²) in [5.41, 5.74) is 5.93. The average molecular weight is 423 g/mol. The van der Waals surface area contributed by atoms with Crippen LogP contribution in [0.25, 0.3) is 33.3 Å². The first-order valence-corrected chi connectivity index (χ1v) is 11.0. The summed E-state index contributed by atoms with van der Waals surface area (Å²) in [7, 11) is 2.08. The largest absolute Gasteiger partial charge is 0.322 e. The van der Waals surface area contributed by atoms with Gasteiger partial charge >= 0.3 is 6.03 Å². The molecule has 0 unspecified atom stereocenters. The van der Waals surface area contributed by atoms with Gasteiger partial charge in [-0.15, -0.1) is 0 Å². The number of piperazine rings is 1. The Kier molecular flexibility index (Phi) is 5.57. The van der Waals surface area contributed by atoms with E-state index in [1.54, 1.807) is 0 Å². The fourth-order valence-corrected chi connectivity index (χ4v) is 4.12. The highest BCUT2D eigenvalue weighted by Gasteiger charge is 2.19. The maximum atomic E-state index is 12.7. The van der Waals surface area contributed by atoms with Crippen LogP contribution in [-0.4, -0.2) is 54.0 Å². The third-order valence-electron chi connectivity index (χ3n) is 5.99. The molecule has 0 saturated carbocycles. The van der Waals surface area contributed by atoms with Crippen molar-refractivity contribution in [1.82, 2.24) is 14.8 Å². The first-order valence-electron chi connectivity index (χ1n) is 11.0. The van der Waals surface area contributed by atoms with E-state index >= 15 is 0 Å². The Hall–Kier alpha value is -3.70. The van der Waals surface area contributed by atoms with Gasteiger partial charge in [0, 0.05) is 48.4 Å². The molecular weight excluding hydrogens is 396 g/mol. The predicted octanol–water partition coefficient (Wildman–Crippen LogP) is 5.35. The second-order valence-electron chi connectivity index (χ2n) is 8.24. The van der Waals surface area contributed by atoms with E-state index in [0.29, 0.717) is 0 Å². The molecule has 0 aliphatic carbocycles. The molecule has 1 aliphatic heterocycles. The minimum absolute atomic E-state index is 0.0467. The fraction of sp³-hybridized carbons (Fsp3) is 0.185. The molecule has 2 heterocycles. The lowest BCUT2D eigenvalue weighted by atomic mass is 9.97. The Morgan fingerprint density at radius 2 is 1.47 bits per heavy atom. The molecule has 1 aliphatic rings. The smallest absolute Gasteiger partial charge is 0.321 e. The van der Waals surface area contributed by atoms with Crippen molar-refractivity contribution < 1.29 is 4.79 Å². The summed E-state index contributed by atoms with van der Waals surface area (Å²) in [4.78, 5) is 21.8. The van der Waals surface area contributed by atoms with Crippen LogP contribution in [0, 0.1) is 0 Å². The average Bonchev–Trinajstić information content (AvgIpc) is 2.84. The van der Waals surface area contributed by atoms with Gasteiger partial charge in [-0.1, -0.05) is 60.7 Å². The van der Waals surface area contributed by atoms with Crippen LogP contribution in [0.4, 0.5) is 10.5 Å². The number of pyridine rings is 1. The number of aromatic nitrogens is 1. The van der Waals surface area contributed by atoms with E-state index < -0.39 is 0 Å². The van der Waals surface area contributed by atoms with Gasteiger partial charge in [0.25, 0.3) is 0 Å². The lowest BCUT2D eigenvalue weighted by molar-refractivity contribution is 0.164. The van der Waals surface area contributed by atoms with Crippen molar-refractivity contribution in [1.29, 1.82) is 0 Å². The third kappa shape index (κ3) is 4.20. The summed E-state index contributed by atoms with van der Waals surface area (Å²) in [5, 5.41) is 4.06. The summed E-state index contributed by atoms with van der Waals surface area (Å²) in [6.45, 7) is 3.29. The van der Waals surface area contributed by atoms with Gasteiger partial charge in [-0.2, -0.15) is 0 Å². The first kappa shape index (κ1) is 20.2. The van der Waals surface area contributed by atoms with Crippen molar-refractivity contribution in [3.8, 4) is 22.4 Å². The predicted molar refractivity (Wildman–Crippen MR) is 131 cm³/mol. The first-order chi connectivity index (χ1) is 15.7. The van der Waals surface area contributed by atoms with Crippen molar-refractivity contribution >= 4 is 22.6 Å². The number of hydrogen-bond donors (Lipinski definition) is 1. The maximum absolute atomic E-state index is 12.7. The van der Waals surface area contributed by atoms with Crippen LogP contribution in [0.3, 0.4) is 0 Å². The van der Waals surface area contributed by atoms with Gasteiger partial charge in [0.15, 0.2) is 0 Å². The minimum atomic E-state index is -0.0467. The summed E-state index contributed by atoms with van der Waals surface area (Å²) >= 11 is 0. The lowest BCUT2D eigenvalue weighted by Crippen LogP contribution is -2.48. The molecule has 5 rings (SSSR count). The molecule has 2 amide bonds. The Morgan fingerprint density at radius 1 is 0.812 bits per heavy atom. The van der Waals surface area contributed by atoms with Crippen LogP contribution >= 0.6 is 0 Å². The van der Waals surface area contributed by atoms with Crippen LogP contribution in [0.15, 0.2) is 84.9 Å². The van der Waals surface area contributed by atoms with Gasteiger partial charge < -0.3 is 15.1 Å². The molecule has 32 heavy (non-hydrogen) atoms. The molecule has 0 atom stereocenters. The number of carbonyl (C=O) groups excluding carboxylic acids is 1. The van der Waals surface area contributed by atoms with Crippen LogP contribution in [0.2, 0.25) is 0 Å². The zero-order valence-electron chi connectivity index (χ0n) is 18.2. The van der Waals surface area contributed by atoms with Gasteiger partial charge in [-0.05, 0) is 36.9 Å². The molecule has 0 radical (unpaired) electrons. The normalized spacial score (nSPS) is 14.5. The Balaban J connectivity index is 1.51. The molecule has 4 aromatic rings. The molecule has 1 saturated heterocycles. The number of hydrogen-bond acceptors (Lipinski definition) is 3. The molecule has 160 valence electrons. The van der Waals surface area contributed by atoms with Gasteiger partial charge in [-0.25, -0.2) is 9.78 Å². The standard InChI is InChI=1S/C27H26N4O/c1-30-14-16-31(17-15-30)27(32)28-23-12-13-25-22(18-23)19-24(20-8-4-2-5-9-20)26(29-25)21-10-6-3-7-11-21/h2-13,18-19H,14-17H2,1H3,(H,28,32). The Morgan fingerprint density at radius 3 is 2.16 bits per heavy atom. The molecule has 5 nitrogen and oxygen atoms in total. The van der Waals surface area contributed by atoms with E-state index in [1.807, 2.05) is 59.5 Å². The SMILES string of the molecule is CN1CCN(C(=O)Nc2ccc3nc(-c4ccccc4)c(-c4ccccc4)cc3c2)CC1. The number of anilines is 1. The van der Waals surface area contributed by atoms with Crippen molar-refractivity contribution in [2.75, 3.05) is 38.5 Å². The molecule has 1 N–H and O–H groups in total. The summed E-state index contributed by atoms with van der Waals surface area (Å²) in [6.07, 6.45) is 0. The fourth-order valence-electron chi connectivity index (χ4n) is 4.12. The molecular formula is C27H26N4O. The Bertz CT molecular complexity index is 1230. The number of fused-ring (bicyclic) bond motifs is 1. The number of benzene rings is 3. The van der Waals surface area contributed by atoms with Crippen molar-refractivity contribution in [3.63, 3.8) is 0 Å². The highest BCUT2D eigenvalue weighted by Crippen LogP contribution is 2.34. The highest BCUT2D eigenvalue weighted by molar-refractivity contribution is 5.96. The van der Waals surface area contributed by atoms with E-state index in [2.05, 4.69) is 47.6 Å². The second-order valence-corrected chi connectivity index (χ2v) is 8.24. The number of nitrogens with one attached hydrogen (secondary N) is 1. The number of nitrogens with zero attached hydrogens (tertiary/aromatic N) is 3. The van der Waals surface area contributed by atoms with Gasteiger partial charge in [0.05, 0.1) is 11.2 Å². The number of likely N-dealkylation sites (N-methyl/N-ethyl adjacent to an activating group) is 1. The summed E-state index contributed by atoms with van der Waals surface area (Å²) < 4.78 is 0. The van der Waals surface area contributed by atoms with E-state index in [0.717, 1.165) is 65.2 Å². The van der Waals surface area contributed by atoms with E-state index in [9.17, 15) is 4.79 Å². The van der Waals surface area contributed by atoms with Gasteiger partial charge in [0.1, 0.15) is 0 Å². The van der Waals surface area contributed by atoms with Crippen molar-refractivity contribution in [3.05, 3.63) is 84.9 Å². The van der Waals surface area contributed by atoms with Crippen LogP contribution in [-0.2, 0) is 0 Å².